The van der Waals surface area contributed by atoms with E-state index in [1.807, 2.05) is 0 Å². The van der Waals surface area contributed by atoms with Crippen LogP contribution in [-0.2, 0) is 14.3 Å². The van der Waals surface area contributed by atoms with Gasteiger partial charge in [-0.15, -0.1) is 0 Å². The van der Waals surface area contributed by atoms with E-state index >= 15 is 0 Å². The minimum Gasteiger partial charge on any atom is -0.481 e. The Bertz CT molecular complexity index is 619. The zero-order valence-electron chi connectivity index (χ0n) is 31.4. The molecular formula is C42H82O4. The highest BCUT2D eigenvalue weighted by Gasteiger charge is 2.22. The second-order valence-corrected chi connectivity index (χ2v) is 14.6. The van der Waals surface area contributed by atoms with E-state index in [1.165, 1.54) is 193 Å². The first-order valence-corrected chi connectivity index (χ1v) is 21.0. The molecule has 0 aromatic heterocycles. The van der Waals surface area contributed by atoms with Gasteiger partial charge in [0.05, 0.1) is 18.9 Å². The van der Waals surface area contributed by atoms with Crippen molar-refractivity contribution in [2.45, 2.75) is 245 Å². The molecule has 1 atom stereocenters. The third kappa shape index (κ3) is 35.8. The summed E-state index contributed by atoms with van der Waals surface area (Å²) in [5.74, 6) is -1.68. The van der Waals surface area contributed by atoms with Crippen molar-refractivity contribution in [3.05, 3.63) is 0 Å². The molecule has 0 rings (SSSR count). The summed E-state index contributed by atoms with van der Waals surface area (Å²) in [6.07, 6.45) is 45.7. The molecule has 0 aliphatic rings. The minimum atomic E-state index is -0.897. The topological polar surface area (TPSA) is 63.6 Å². The Morgan fingerprint density at radius 3 is 0.957 bits per heavy atom. The lowest BCUT2D eigenvalue weighted by molar-refractivity contribution is -0.153. The van der Waals surface area contributed by atoms with Gasteiger partial charge in [0.15, 0.2) is 0 Å². The number of aliphatic carboxylic acids is 1. The minimum absolute atomic E-state index is 0.101. The molecule has 0 heterocycles. The van der Waals surface area contributed by atoms with Gasteiger partial charge in [0.25, 0.3) is 0 Å². The average Bonchev–Trinajstić information content (AvgIpc) is 3.04. The van der Waals surface area contributed by atoms with Crippen molar-refractivity contribution in [3.63, 3.8) is 0 Å². The van der Waals surface area contributed by atoms with E-state index in [1.54, 1.807) is 0 Å². The van der Waals surface area contributed by atoms with Crippen LogP contribution in [0.4, 0.5) is 0 Å². The Balaban J connectivity index is 3.54. The van der Waals surface area contributed by atoms with Crippen LogP contribution in [0.25, 0.3) is 0 Å². The van der Waals surface area contributed by atoms with Crippen molar-refractivity contribution in [2.24, 2.45) is 5.92 Å². The van der Waals surface area contributed by atoms with E-state index in [0.29, 0.717) is 13.0 Å². The molecule has 0 amide bonds. The quantitative estimate of drug-likeness (QED) is 0.0531. The van der Waals surface area contributed by atoms with Gasteiger partial charge >= 0.3 is 11.9 Å². The lowest BCUT2D eigenvalue weighted by Crippen LogP contribution is -2.21. The molecule has 0 aliphatic heterocycles. The maximum atomic E-state index is 12.6. The number of hydrogen-bond donors (Lipinski definition) is 1. The highest BCUT2D eigenvalue weighted by molar-refractivity contribution is 5.79. The summed E-state index contributed by atoms with van der Waals surface area (Å²) >= 11 is 0. The Morgan fingerprint density at radius 1 is 0.413 bits per heavy atom. The molecule has 0 spiro atoms. The molecule has 274 valence electrons. The number of carbonyl (C=O) groups is 2. The van der Waals surface area contributed by atoms with E-state index in [9.17, 15) is 14.7 Å². The fraction of sp³-hybridized carbons (Fsp3) is 0.952. The molecule has 0 bridgehead atoms. The van der Waals surface area contributed by atoms with E-state index in [4.69, 9.17) is 4.74 Å². The smallest absolute Gasteiger partial charge is 0.309 e. The average molecular weight is 651 g/mol. The third-order valence-corrected chi connectivity index (χ3v) is 9.90. The van der Waals surface area contributed by atoms with Gasteiger partial charge in [0, 0.05) is 0 Å². The number of unbranched alkanes of at least 4 members (excludes halogenated alkanes) is 32. The molecule has 4 heteroatoms. The normalized spacial score (nSPS) is 12.0. The van der Waals surface area contributed by atoms with Gasteiger partial charge in [-0.1, -0.05) is 226 Å². The van der Waals surface area contributed by atoms with Crippen molar-refractivity contribution in [2.75, 3.05) is 6.61 Å². The third-order valence-electron chi connectivity index (χ3n) is 9.90. The Labute approximate surface area is 288 Å². The van der Waals surface area contributed by atoms with Gasteiger partial charge in [0.1, 0.15) is 0 Å². The largest absolute Gasteiger partial charge is 0.481 e. The SMILES string of the molecule is CCCCCCCCCCCCCCCCCCCCCCOC(=O)C(CCCCCCCCCCCCCCCC)CC(=O)O. The molecule has 46 heavy (non-hydrogen) atoms. The van der Waals surface area contributed by atoms with Gasteiger partial charge in [-0.2, -0.15) is 0 Å². The van der Waals surface area contributed by atoms with Gasteiger partial charge in [0.2, 0.25) is 0 Å². The zero-order chi connectivity index (χ0) is 33.6. The van der Waals surface area contributed by atoms with Crippen LogP contribution in [0.2, 0.25) is 0 Å². The molecule has 0 aromatic carbocycles. The molecule has 0 aliphatic carbocycles. The van der Waals surface area contributed by atoms with Crippen molar-refractivity contribution >= 4 is 11.9 Å². The predicted octanol–water partition coefficient (Wildman–Crippen LogP) is 14.3. The lowest BCUT2D eigenvalue weighted by atomic mass is 9.97. The summed E-state index contributed by atoms with van der Waals surface area (Å²) in [5.41, 5.74) is 0. The molecule has 0 aromatic rings. The number of esters is 1. The number of carbonyl (C=O) groups excluding carboxylic acids is 1. The summed E-state index contributed by atoms with van der Waals surface area (Å²) in [7, 11) is 0. The highest BCUT2D eigenvalue weighted by Crippen LogP contribution is 2.19. The van der Waals surface area contributed by atoms with Crippen molar-refractivity contribution < 1.29 is 19.4 Å². The fourth-order valence-electron chi connectivity index (χ4n) is 6.75. The molecule has 1 unspecified atom stereocenters. The first-order chi connectivity index (χ1) is 22.6. The number of ether oxygens (including phenoxy) is 1. The Hall–Kier alpha value is -1.06. The summed E-state index contributed by atoms with van der Waals surface area (Å²) < 4.78 is 5.51. The molecular weight excluding hydrogens is 568 g/mol. The molecule has 0 saturated heterocycles. The molecule has 0 fully saturated rings. The molecule has 1 N–H and O–H groups in total. The summed E-state index contributed by atoms with van der Waals surface area (Å²) in [6, 6.07) is 0. The zero-order valence-corrected chi connectivity index (χ0v) is 31.4. The summed E-state index contributed by atoms with van der Waals surface area (Å²) in [5, 5.41) is 9.29. The van der Waals surface area contributed by atoms with Gasteiger partial charge in [-0.05, 0) is 12.8 Å². The van der Waals surface area contributed by atoms with Gasteiger partial charge in [-0.3, -0.25) is 9.59 Å². The van der Waals surface area contributed by atoms with Gasteiger partial charge < -0.3 is 9.84 Å². The standard InChI is InChI=1S/C42H82O4/c1-3-5-7-9-11-13-15-17-19-20-21-22-23-24-26-28-30-32-34-36-38-46-42(45)40(39-41(43)44)37-35-33-31-29-27-25-18-16-14-12-10-8-6-4-2/h40H,3-39H2,1-2H3,(H,43,44). The first kappa shape index (κ1) is 44.9. The van der Waals surface area contributed by atoms with Crippen LogP contribution in [0.3, 0.4) is 0 Å². The predicted molar refractivity (Wildman–Crippen MR) is 200 cm³/mol. The number of rotatable bonds is 39. The van der Waals surface area contributed by atoms with Crippen LogP contribution in [0.5, 0.6) is 0 Å². The van der Waals surface area contributed by atoms with Crippen LogP contribution >= 0.6 is 0 Å². The maximum Gasteiger partial charge on any atom is 0.309 e. The van der Waals surface area contributed by atoms with E-state index in [2.05, 4.69) is 13.8 Å². The number of carboxylic acid groups (broad SMARTS) is 1. The van der Waals surface area contributed by atoms with E-state index in [0.717, 1.165) is 25.7 Å². The van der Waals surface area contributed by atoms with Gasteiger partial charge in [-0.25, -0.2) is 0 Å². The molecule has 4 nitrogen and oxygen atoms in total. The van der Waals surface area contributed by atoms with Crippen LogP contribution in [0.15, 0.2) is 0 Å². The van der Waals surface area contributed by atoms with Crippen LogP contribution < -0.4 is 0 Å². The fourth-order valence-corrected chi connectivity index (χ4v) is 6.75. The Morgan fingerprint density at radius 2 is 0.674 bits per heavy atom. The second kappa shape index (κ2) is 38.4. The monoisotopic (exact) mass is 651 g/mol. The second-order valence-electron chi connectivity index (χ2n) is 14.6. The van der Waals surface area contributed by atoms with E-state index < -0.39 is 11.9 Å². The molecule has 0 saturated carbocycles. The maximum absolute atomic E-state index is 12.6. The first-order valence-electron chi connectivity index (χ1n) is 21.0. The van der Waals surface area contributed by atoms with Crippen LogP contribution in [0.1, 0.15) is 245 Å². The number of carboxylic acids is 1. The summed E-state index contributed by atoms with van der Waals surface area (Å²) in [4.78, 5) is 23.9. The highest BCUT2D eigenvalue weighted by atomic mass is 16.5. The van der Waals surface area contributed by atoms with Crippen molar-refractivity contribution in [1.82, 2.24) is 0 Å². The van der Waals surface area contributed by atoms with Crippen molar-refractivity contribution in [1.29, 1.82) is 0 Å². The van der Waals surface area contributed by atoms with Crippen molar-refractivity contribution in [3.8, 4) is 0 Å². The Kier molecular flexibility index (Phi) is 37.5. The number of hydrogen-bond acceptors (Lipinski definition) is 3. The van der Waals surface area contributed by atoms with Crippen LogP contribution in [0, 0.1) is 5.92 Å². The molecule has 0 radical (unpaired) electrons. The lowest BCUT2D eigenvalue weighted by Gasteiger charge is -2.14. The van der Waals surface area contributed by atoms with E-state index in [-0.39, 0.29) is 12.4 Å². The van der Waals surface area contributed by atoms with Crippen LogP contribution in [-0.4, -0.2) is 23.7 Å². The summed E-state index contributed by atoms with van der Waals surface area (Å²) in [6.45, 7) is 5.00.